The molecule has 1 heterocycles. The number of rotatable bonds is 7. The van der Waals surface area contributed by atoms with Crippen molar-refractivity contribution in [1.29, 1.82) is 0 Å². The van der Waals surface area contributed by atoms with Crippen LogP contribution in [0.25, 0.3) is 11.4 Å². The predicted molar refractivity (Wildman–Crippen MR) is 158 cm³/mol. The van der Waals surface area contributed by atoms with Gasteiger partial charge in [-0.15, -0.1) is 0 Å². The Labute approximate surface area is 239 Å². The molecule has 189 valence electrons. The number of imidazole rings is 1. The molecule has 3 aromatic rings. The topological polar surface area (TPSA) is 8.81 Å². The summed E-state index contributed by atoms with van der Waals surface area (Å²) in [5.41, 5.74) is 7.79. The quantitative estimate of drug-likeness (QED) is 0.176. The van der Waals surface area contributed by atoms with Gasteiger partial charge in [0, 0.05) is 0 Å². The molecular formula is C27H36Cl4Ge2N2+. The number of benzene rings is 2. The molecule has 3 rings (SSSR count). The van der Waals surface area contributed by atoms with Crippen molar-refractivity contribution in [2.45, 2.75) is 79.1 Å². The van der Waals surface area contributed by atoms with Gasteiger partial charge >= 0.3 is 241 Å². The van der Waals surface area contributed by atoms with Gasteiger partial charge in [0.05, 0.1) is 0 Å². The second kappa shape index (κ2) is 14.2. The molecule has 0 aliphatic carbocycles. The summed E-state index contributed by atoms with van der Waals surface area (Å²) in [5.74, 6) is 1.60. The summed E-state index contributed by atoms with van der Waals surface area (Å²) >= 11 is -3.10. The summed E-state index contributed by atoms with van der Waals surface area (Å²) in [6.45, 7) is 18.0. The van der Waals surface area contributed by atoms with Crippen molar-refractivity contribution in [3.05, 3.63) is 71.0 Å². The van der Waals surface area contributed by atoms with Crippen LogP contribution in [0.1, 0.15) is 101 Å². The molecule has 0 saturated heterocycles. The fourth-order valence-electron chi connectivity index (χ4n) is 4.51. The maximum atomic E-state index is 6.87. The first-order valence-corrected chi connectivity index (χ1v) is 24.1. The summed E-state index contributed by atoms with van der Waals surface area (Å²) in [7, 11) is 23.5. The molecule has 8 heteroatoms. The van der Waals surface area contributed by atoms with E-state index in [9.17, 15) is 0 Å². The maximum absolute atomic E-state index is 6.87. The van der Waals surface area contributed by atoms with Crippen LogP contribution in [0, 0.1) is 0 Å². The SMILES string of the molecule is CC(C)c1cccc(C(C)C)c1-n1cc[n+](-c2c(C(C)C)cccc2C(C)C)[c]1[Ge]([Cl])[Cl].[Cl][Ge][Cl]. The molecule has 0 unspecified atom stereocenters. The van der Waals surface area contributed by atoms with Gasteiger partial charge in [-0.25, -0.2) is 0 Å². The number of hydrogen-bond acceptors (Lipinski definition) is 0. The average molecular weight is 676 g/mol. The van der Waals surface area contributed by atoms with Gasteiger partial charge in [0.2, 0.25) is 0 Å². The summed E-state index contributed by atoms with van der Waals surface area (Å²) in [6, 6.07) is 13.3. The standard InChI is InChI=1S/C27H36Cl2GeN2.Cl2Ge/c1-17(2)21-11-9-12-22(18(3)4)25(21)31-15-16-32(27(31)30(28)29)26-23(19(5)6)13-10-14-24(26)20(7)8;1-3-2/h9-20H,1-8H3;/q+1;. The third kappa shape index (κ3) is 7.26. The van der Waals surface area contributed by atoms with Gasteiger partial charge in [0.1, 0.15) is 0 Å². The molecule has 2 aromatic carbocycles. The van der Waals surface area contributed by atoms with Crippen LogP contribution in [0.15, 0.2) is 48.8 Å². The van der Waals surface area contributed by atoms with E-state index in [1.807, 2.05) is 0 Å². The molecule has 0 spiro atoms. The molecular weight excluding hydrogens is 639 g/mol. The second-order valence-corrected chi connectivity index (χ2v) is 20.1. The van der Waals surface area contributed by atoms with Crippen molar-refractivity contribution in [2.75, 3.05) is 0 Å². The molecule has 35 heavy (non-hydrogen) atoms. The van der Waals surface area contributed by atoms with Crippen molar-refractivity contribution in [3.63, 3.8) is 0 Å². The van der Waals surface area contributed by atoms with E-state index >= 15 is 0 Å². The van der Waals surface area contributed by atoms with Crippen molar-refractivity contribution in [3.8, 4) is 11.4 Å². The molecule has 0 aliphatic rings. The van der Waals surface area contributed by atoms with Crippen molar-refractivity contribution >= 4 is 70.8 Å². The van der Waals surface area contributed by atoms with Crippen LogP contribution in [0.3, 0.4) is 0 Å². The van der Waals surface area contributed by atoms with E-state index in [2.05, 4.69) is 113 Å². The first kappa shape index (κ1) is 31.1. The van der Waals surface area contributed by atoms with Gasteiger partial charge in [-0.2, -0.15) is 0 Å². The van der Waals surface area contributed by atoms with Gasteiger partial charge in [-0.1, -0.05) is 0 Å². The average Bonchev–Trinajstić information content (AvgIpc) is 3.23. The summed E-state index contributed by atoms with van der Waals surface area (Å²) < 4.78 is 5.63. The fourth-order valence-corrected chi connectivity index (χ4v) is 7.95. The Morgan fingerprint density at radius 3 is 1.43 bits per heavy atom. The van der Waals surface area contributed by atoms with Crippen LogP contribution in [0.2, 0.25) is 0 Å². The Balaban J connectivity index is 0.00000137. The van der Waals surface area contributed by atoms with Crippen molar-refractivity contribution in [1.82, 2.24) is 4.57 Å². The zero-order valence-corrected chi connectivity index (χ0v) is 29.1. The van der Waals surface area contributed by atoms with Crippen LogP contribution in [-0.4, -0.2) is 30.6 Å². The zero-order chi connectivity index (χ0) is 26.4. The number of nitrogens with zero attached hydrogens (tertiary/aromatic N) is 2. The van der Waals surface area contributed by atoms with E-state index < -0.39 is 26.1 Å². The van der Waals surface area contributed by atoms with Crippen LogP contribution < -0.4 is 9.22 Å². The molecule has 1 aromatic heterocycles. The van der Waals surface area contributed by atoms with Crippen LogP contribution in [-0.2, 0) is 0 Å². The Morgan fingerprint density at radius 2 is 1.09 bits per heavy atom. The second-order valence-electron chi connectivity index (χ2n) is 9.88. The third-order valence-corrected chi connectivity index (χ3v) is 9.63. The predicted octanol–water partition coefficient (Wildman–Crippen LogP) is 8.42. The molecule has 0 fully saturated rings. The van der Waals surface area contributed by atoms with E-state index in [1.165, 1.54) is 33.6 Å². The molecule has 0 bridgehead atoms. The van der Waals surface area contributed by atoms with Gasteiger partial charge < -0.3 is 0 Å². The Morgan fingerprint density at radius 1 is 0.714 bits per heavy atom. The number of halogens is 4. The molecule has 0 aliphatic heterocycles. The summed E-state index contributed by atoms with van der Waals surface area (Å²) in [6.07, 6.45) is 4.34. The number of para-hydroxylation sites is 2. The van der Waals surface area contributed by atoms with Gasteiger partial charge in [-0.05, 0) is 0 Å². The van der Waals surface area contributed by atoms with Gasteiger partial charge in [0.15, 0.2) is 0 Å². The monoisotopic (exact) mass is 676 g/mol. The Hall–Kier alpha value is -0.104. The Kier molecular flexibility index (Phi) is 12.6. The molecule has 0 amide bonds. The van der Waals surface area contributed by atoms with E-state index in [0.29, 0.717) is 23.7 Å². The number of hydrogen-bond donors (Lipinski definition) is 0. The minimum atomic E-state index is -2.55. The summed E-state index contributed by atoms with van der Waals surface area (Å²) in [4.78, 5) is 0. The molecule has 2 nitrogen and oxygen atoms in total. The van der Waals surface area contributed by atoms with E-state index in [0.717, 1.165) is 4.66 Å². The van der Waals surface area contributed by atoms with Gasteiger partial charge in [0.25, 0.3) is 0 Å². The fraction of sp³-hybridized carbons (Fsp3) is 0.444. The van der Waals surface area contributed by atoms with Crippen molar-refractivity contribution in [2.24, 2.45) is 0 Å². The Bertz CT molecular complexity index is 975. The summed E-state index contributed by atoms with van der Waals surface area (Å²) in [5, 5.41) is 0. The van der Waals surface area contributed by atoms with Gasteiger partial charge in [-0.3, -0.25) is 0 Å². The first-order chi connectivity index (χ1) is 16.5. The van der Waals surface area contributed by atoms with Crippen molar-refractivity contribution < 1.29 is 4.57 Å². The molecule has 0 saturated carbocycles. The van der Waals surface area contributed by atoms with E-state index in [-0.39, 0.29) is 0 Å². The van der Waals surface area contributed by atoms with E-state index in [1.54, 1.807) is 0 Å². The number of aromatic nitrogens is 2. The molecule has 0 atom stereocenters. The minimum absolute atomic E-state index is 0.399. The molecule has 0 N–H and O–H groups in total. The van der Waals surface area contributed by atoms with E-state index in [4.69, 9.17) is 40.0 Å². The first-order valence-electron chi connectivity index (χ1n) is 12.0. The normalized spacial score (nSPS) is 11.7. The van der Waals surface area contributed by atoms with Crippen LogP contribution >= 0.6 is 40.0 Å². The van der Waals surface area contributed by atoms with Crippen LogP contribution in [0.4, 0.5) is 0 Å². The zero-order valence-electron chi connectivity index (χ0n) is 21.8. The van der Waals surface area contributed by atoms with Crippen LogP contribution in [0.5, 0.6) is 0 Å². The molecule has 3 radical (unpaired) electrons. The third-order valence-electron chi connectivity index (χ3n) is 6.16.